The summed E-state index contributed by atoms with van der Waals surface area (Å²) in [4.78, 5) is 4.78. The van der Waals surface area contributed by atoms with Crippen molar-refractivity contribution in [2.75, 3.05) is 13.2 Å². The molecule has 0 saturated carbocycles. The lowest BCUT2D eigenvalue weighted by Crippen LogP contribution is -2.12. The Bertz CT molecular complexity index is 722. The lowest BCUT2D eigenvalue weighted by Gasteiger charge is -2.05. The van der Waals surface area contributed by atoms with Gasteiger partial charge in [0.05, 0.1) is 17.8 Å². The van der Waals surface area contributed by atoms with Gasteiger partial charge in [0.1, 0.15) is 11.6 Å². The Balaban J connectivity index is 1.73. The topological polar surface area (TPSA) is 38.6 Å². The number of fused-ring (bicyclic) bond motifs is 1. The van der Waals surface area contributed by atoms with Crippen molar-refractivity contribution in [1.82, 2.24) is 14.7 Å². The van der Waals surface area contributed by atoms with Crippen LogP contribution in [0.1, 0.15) is 18.4 Å². The van der Waals surface area contributed by atoms with Crippen molar-refractivity contribution in [2.45, 2.75) is 19.9 Å². The van der Waals surface area contributed by atoms with Crippen molar-refractivity contribution < 1.29 is 4.74 Å². The summed E-state index contributed by atoms with van der Waals surface area (Å²) >= 11 is 0. The van der Waals surface area contributed by atoms with Crippen LogP contribution in [0.4, 0.5) is 0 Å². The molecule has 1 aromatic carbocycles. The van der Waals surface area contributed by atoms with Crippen LogP contribution in [0.5, 0.6) is 5.75 Å². The van der Waals surface area contributed by atoms with E-state index < -0.39 is 0 Å². The van der Waals surface area contributed by atoms with E-state index in [0.717, 1.165) is 42.3 Å². The molecule has 3 aromatic rings. The molecule has 0 aliphatic heterocycles. The molecule has 0 aliphatic rings. The van der Waals surface area contributed by atoms with Crippen LogP contribution in [0.2, 0.25) is 0 Å². The number of nitrogens with one attached hydrogen (secondary N) is 1. The van der Waals surface area contributed by atoms with Gasteiger partial charge < -0.3 is 14.5 Å². The highest BCUT2D eigenvalue weighted by molar-refractivity contribution is 5.53. The fourth-order valence-electron chi connectivity index (χ4n) is 2.50. The van der Waals surface area contributed by atoms with Crippen molar-refractivity contribution in [3.63, 3.8) is 0 Å². The zero-order valence-corrected chi connectivity index (χ0v) is 12.8. The molecule has 4 nitrogen and oxygen atoms in total. The van der Waals surface area contributed by atoms with Crippen LogP contribution < -0.4 is 10.1 Å². The maximum atomic E-state index is 5.78. The van der Waals surface area contributed by atoms with Gasteiger partial charge in [-0.2, -0.15) is 0 Å². The number of imidazole rings is 1. The van der Waals surface area contributed by atoms with Crippen LogP contribution in [0, 0.1) is 0 Å². The Kier molecular flexibility index (Phi) is 4.71. The highest BCUT2D eigenvalue weighted by Gasteiger charge is 2.10. The van der Waals surface area contributed by atoms with Gasteiger partial charge in [0.15, 0.2) is 0 Å². The van der Waals surface area contributed by atoms with E-state index in [9.17, 15) is 0 Å². The number of nitrogens with zero attached hydrogens (tertiary/aromatic N) is 2. The summed E-state index contributed by atoms with van der Waals surface area (Å²) in [5.41, 5.74) is 2.26. The molecule has 0 amide bonds. The van der Waals surface area contributed by atoms with Crippen molar-refractivity contribution >= 4 is 5.52 Å². The third-order valence-electron chi connectivity index (χ3n) is 3.58. The summed E-state index contributed by atoms with van der Waals surface area (Å²) in [6.07, 6.45) is 2.85. The van der Waals surface area contributed by atoms with Crippen molar-refractivity contribution in [3.05, 3.63) is 66.2 Å². The second-order valence-corrected chi connectivity index (χ2v) is 5.12. The van der Waals surface area contributed by atoms with Gasteiger partial charge in [-0.15, -0.1) is 0 Å². The van der Waals surface area contributed by atoms with E-state index >= 15 is 0 Å². The van der Waals surface area contributed by atoms with E-state index in [1.54, 1.807) is 0 Å². The molecule has 114 valence electrons. The van der Waals surface area contributed by atoms with Gasteiger partial charge in [0.2, 0.25) is 0 Å². The van der Waals surface area contributed by atoms with E-state index in [4.69, 9.17) is 9.72 Å². The second-order valence-electron chi connectivity index (χ2n) is 5.12. The molecule has 0 spiro atoms. The molecule has 3 rings (SSSR count). The fourth-order valence-corrected chi connectivity index (χ4v) is 2.50. The minimum atomic E-state index is 0.624. The number of pyridine rings is 1. The van der Waals surface area contributed by atoms with E-state index in [1.807, 2.05) is 36.4 Å². The molecule has 0 atom stereocenters. The number of hydrogen-bond acceptors (Lipinski definition) is 3. The first-order valence-electron chi connectivity index (χ1n) is 7.72. The average Bonchev–Trinajstić information content (AvgIpc) is 2.92. The van der Waals surface area contributed by atoms with Crippen molar-refractivity contribution in [3.8, 4) is 5.75 Å². The summed E-state index contributed by atoms with van der Waals surface area (Å²) in [6, 6.07) is 16.1. The molecule has 0 saturated heterocycles. The quantitative estimate of drug-likeness (QED) is 0.728. The third-order valence-corrected chi connectivity index (χ3v) is 3.58. The first-order valence-corrected chi connectivity index (χ1v) is 7.72. The van der Waals surface area contributed by atoms with Crippen LogP contribution in [0.25, 0.3) is 5.52 Å². The number of benzene rings is 1. The molecule has 22 heavy (non-hydrogen) atoms. The highest BCUT2D eigenvalue weighted by Crippen LogP contribution is 2.14. The van der Waals surface area contributed by atoms with Gasteiger partial charge >= 0.3 is 0 Å². The van der Waals surface area contributed by atoms with E-state index in [2.05, 4.69) is 35.0 Å². The predicted molar refractivity (Wildman–Crippen MR) is 88.2 cm³/mol. The summed E-state index contributed by atoms with van der Waals surface area (Å²) in [5, 5.41) is 3.34. The maximum absolute atomic E-state index is 5.78. The zero-order chi connectivity index (χ0) is 15.2. The van der Waals surface area contributed by atoms with Gasteiger partial charge in [0, 0.05) is 19.2 Å². The molecule has 0 radical (unpaired) electrons. The molecule has 0 fully saturated rings. The van der Waals surface area contributed by atoms with Gasteiger partial charge in [-0.3, -0.25) is 0 Å². The van der Waals surface area contributed by atoms with Crippen molar-refractivity contribution in [1.29, 1.82) is 0 Å². The predicted octanol–water partition coefficient (Wildman–Crippen LogP) is 3.07. The van der Waals surface area contributed by atoms with Gasteiger partial charge in [0.25, 0.3) is 0 Å². The van der Waals surface area contributed by atoms with Gasteiger partial charge in [-0.05, 0) is 30.8 Å². The molecular weight excluding hydrogens is 274 g/mol. The Labute approximate surface area is 130 Å². The highest BCUT2D eigenvalue weighted by atomic mass is 16.5. The SMILES string of the molecule is CCNCc1nc(CCOc2ccccc2)n2ccccc12. The number of ether oxygens (including phenoxy) is 1. The van der Waals surface area contributed by atoms with E-state index in [0.29, 0.717) is 6.61 Å². The van der Waals surface area contributed by atoms with Gasteiger partial charge in [-0.25, -0.2) is 4.98 Å². The maximum Gasteiger partial charge on any atom is 0.119 e. The molecule has 2 aromatic heterocycles. The average molecular weight is 295 g/mol. The first-order chi connectivity index (χ1) is 10.9. The Hall–Kier alpha value is -2.33. The number of aromatic nitrogens is 2. The lowest BCUT2D eigenvalue weighted by atomic mass is 10.3. The number of para-hydroxylation sites is 1. The summed E-state index contributed by atoms with van der Waals surface area (Å²) in [7, 11) is 0. The standard InChI is InChI=1S/C18H21N3O/c1-2-19-14-16-17-10-6-7-12-21(17)18(20-16)11-13-22-15-8-4-3-5-9-15/h3-10,12,19H,2,11,13-14H2,1H3. The van der Waals surface area contributed by atoms with Crippen molar-refractivity contribution in [2.24, 2.45) is 0 Å². The minimum absolute atomic E-state index is 0.624. The lowest BCUT2D eigenvalue weighted by molar-refractivity contribution is 0.318. The number of hydrogen-bond donors (Lipinski definition) is 1. The van der Waals surface area contributed by atoms with Gasteiger partial charge in [-0.1, -0.05) is 31.2 Å². The summed E-state index contributed by atoms with van der Waals surface area (Å²) in [6.45, 7) is 4.47. The molecule has 0 aliphatic carbocycles. The van der Waals surface area contributed by atoms with E-state index in [1.165, 1.54) is 0 Å². The minimum Gasteiger partial charge on any atom is -0.493 e. The molecule has 4 heteroatoms. The largest absolute Gasteiger partial charge is 0.493 e. The fraction of sp³-hybridized carbons (Fsp3) is 0.278. The Morgan fingerprint density at radius 2 is 1.91 bits per heavy atom. The monoisotopic (exact) mass is 295 g/mol. The smallest absolute Gasteiger partial charge is 0.119 e. The van der Waals surface area contributed by atoms with Crippen LogP contribution >= 0.6 is 0 Å². The van der Waals surface area contributed by atoms with Crippen LogP contribution in [0.15, 0.2) is 54.7 Å². The van der Waals surface area contributed by atoms with E-state index in [-0.39, 0.29) is 0 Å². The van der Waals surface area contributed by atoms with Crippen LogP contribution in [-0.2, 0) is 13.0 Å². The summed E-state index contributed by atoms with van der Waals surface area (Å²) in [5.74, 6) is 1.94. The molecule has 2 heterocycles. The molecule has 1 N–H and O–H groups in total. The third kappa shape index (κ3) is 3.28. The molecular formula is C18H21N3O. The zero-order valence-electron chi connectivity index (χ0n) is 12.8. The summed E-state index contributed by atoms with van der Waals surface area (Å²) < 4.78 is 7.93. The Morgan fingerprint density at radius 1 is 1.09 bits per heavy atom. The second kappa shape index (κ2) is 7.09. The molecule has 0 bridgehead atoms. The first kappa shape index (κ1) is 14.6. The normalized spacial score (nSPS) is 11.0. The van der Waals surface area contributed by atoms with Crippen LogP contribution in [0.3, 0.4) is 0 Å². The number of rotatable bonds is 7. The molecule has 0 unspecified atom stereocenters. The van der Waals surface area contributed by atoms with Crippen LogP contribution in [-0.4, -0.2) is 22.5 Å². The Morgan fingerprint density at radius 3 is 2.73 bits per heavy atom.